The monoisotopic (exact) mass is 429 g/mol. The molecule has 0 spiro atoms. The largest absolute Gasteiger partial charge is 0.344 e. The molecule has 0 saturated heterocycles. The Morgan fingerprint density at radius 3 is 2.19 bits per heavy atom. The second-order valence-corrected chi connectivity index (χ2v) is 11.2. The summed E-state index contributed by atoms with van der Waals surface area (Å²) in [6.07, 6.45) is 0. The first-order chi connectivity index (χ1) is 15.7. The summed E-state index contributed by atoms with van der Waals surface area (Å²) in [5, 5.41) is 7.57. The van der Waals surface area contributed by atoms with Crippen molar-refractivity contribution in [2.24, 2.45) is 7.05 Å². The first-order valence-electron chi connectivity index (χ1n) is 10.9. The zero-order valence-electron chi connectivity index (χ0n) is 17.6. The number of nitrogens with zero attached hydrogens (tertiary/aromatic N) is 1. The molecule has 0 fully saturated rings. The van der Waals surface area contributed by atoms with Gasteiger partial charge in [-0.15, -0.1) is 0 Å². The van der Waals surface area contributed by atoms with Gasteiger partial charge in [-0.25, -0.2) is 0 Å². The summed E-state index contributed by atoms with van der Waals surface area (Å²) in [4.78, 5) is 0. The molecule has 1 atom stereocenters. The highest BCUT2D eigenvalue weighted by Gasteiger charge is 2.42. The third-order valence-corrected chi connectivity index (χ3v) is 10.2. The molecule has 0 bridgehead atoms. The average molecular weight is 429 g/mol. The van der Waals surface area contributed by atoms with E-state index in [0.717, 1.165) is 37.9 Å². The van der Waals surface area contributed by atoms with Crippen molar-refractivity contribution in [3.05, 3.63) is 103 Å². The zero-order chi connectivity index (χ0) is 21.4. The number of rotatable bonds is 1. The van der Waals surface area contributed by atoms with Crippen molar-refractivity contribution in [3.63, 3.8) is 0 Å². The van der Waals surface area contributed by atoms with Crippen LogP contribution in [0.3, 0.4) is 0 Å². The molecule has 1 aromatic heterocycles. The highest BCUT2D eigenvalue weighted by molar-refractivity contribution is 7.86. The van der Waals surface area contributed by atoms with Crippen LogP contribution >= 0.6 is 7.14 Å². The molecule has 0 radical (unpaired) electrons. The van der Waals surface area contributed by atoms with Gasteiger partial charge in [-0.2, -0.15) is 0 Å². The van der Waals surface area contributed by atoms with Gasteiger partial charge in [0.2, 0.25) is 0 Å². The van der Waals surface area contributed by atoms with Crippen LogP contribution in [0.5, 0.6) is 0 Å². The Hall–Kier alpha value is -3.61. The molecule has 2 nitrogen and oxygen atoms in total. The lowest BCUT2D eigenvalue weighted by molar-refractivity contribution is 0.593. The Kier molecular flexibility index (Phi) is 3.50. The van der Waals surface area contributed by atoms with Gasteiger partial charge in [0.25, 0.3) is 0 Å². The van der Waals surface area contributed by atoms with Gasteiger partial charge in [0, 0.05) is 44.8 Å². The van der Waals surface area contributed by atoms with Crippen molar-refractivity contribution >= 4 is 55.6 Å². The number of hydrogen-bond donors (Lipinski definition) is 0. The van der Waals surface area contributed by atoms with Crippen molar-refractivity contribution in [1.29, 1.82) is 0 Å². The van der Waals surface area contributed by atoms with Crippen LogP contribution in [0.4, 0.5) is 0 Å². The quantitative estimate of drug-likeness (QED) is 0.289. The molecule has 0 aliphatic carbocycles. The summed E-state index contributed by atoms with van der Waals surface area (Å²) in [5.41, 5.74) is 4.48. The standard InChI is InChI=1S/C29H20NOP/c1-30-24-17-15-19-9-5-6-12-21(19)27(24)28-25(30)18-16-23-22-13-7-8-14-26(22)32(31,29(23)28)20-10-3-2-4-11-20/h2-18H,1H3. The van der Waals surface area contributed by atoms with Crippen LogP contribution in [-0.4, -0.2) is 4.57 Å². The van der Waals surface area contributed by atoms with Crippen LogP contribution < -0.4 is 15.9 Å². The Labute approximate surface area is 186 Å². The minimum atomic E-state index is -3.03. The molecule has 0 amide bonds. The Morgan fingerprint density at radius 1 is 0.625 bits per heavy atom. The van der Waals surface area contributed by atoms with Crippen LogP contribution in [0.25, 0.3) is 43.7 Å². The molecule has 0 saturated carbocycles. The molecule has 32 heavy (non-hydrogen) atoms. The molecular weight excluding hydrogens is 409 g/mol. The normalized spacial score (nSPS) is 17.2. The SMILES string of the molecule is Cn1c2ccc3c(c2c2c4ccccc4ccc21)P(=O)(c1ccccc1)c1ccccc1-3. The lowest BCUT2D eigenvalue weighted by Crippen LogP contribution is -2.21. The van der Waals surface area contributed by atoms with Crippen molar-refractivity contribution in [2.75, 3.05) is 0 Å². The first kappa shape index (κ1) is 18.0. The summed E-state index contributed by atoms with van der Waals surface area (Å²) in [5.74, 6) is 0. The number of hydrogen-bond acceptors (Lipinski definition) is 1. The van der Waals surface area contributed by atoms with Crippen LogP contribution in [0.1, 0.15) is 0 Å². The predicted octanol–water partition coefficient (Wildman–Crippen LogP) is 6.10. The lowest BCUT2D eigenvalue weighted by Gasteiger charge is -2.17. The van der Waals surface area contributed by atoms with Crippen LogP contribution in [0, 0.1) is 0 Å². The number of aryl methyl sites for hydroxylation is 1. The van der Waals surface area contributed by atoms with Crippen molar-refractivity contribution in [2.45, 2.75) is 0 Å². The van der Waals surface area contributed by atoms with E-state index in [4.69, 9.17) is 0 Å². The second kappa shape index (κ2) is 6.22. The van der Waals surface area contributed by atoms with Gasteiger partial charge in [0.05, 0.1) is 0 Å². The molecule has 0 N–H and O–H groups in total. The lowest BCUT2D eigenvalue weighted by atomic mass is 10.00. The molecular formula is C29H20NOP. The minimum Gasteiger partial charge on any atom is -0.344 e. The molecule has 3 heteroatoms. The van der Waals surface area contributed by atoms with Crippen molar-refractivity contribution in [3.8, 4) is 11.1 Å². The van der Waals surface area contributed by atoms with E-state index < -0.39 is 7.14 Å². The Balaban J connectivity index is 1.78. The molecule has 1 aliphatic rings. The van der Waals surface area contributed by atoms with Gasteiger partial charge in [-0.05, 0) is 34.0 Å². The van der Waals surface area contributed by atoms with Gasteiger partial charge < -0.3 is 9.13 Å². The zero-order valence-corrected chi connectivity index (χ0v) is 18.5. The van der Waals surface area contributed by atoms with E-state index in [1.807, 2.05) is 42.5 Å². The van der Waals surface area contributed by atoms with E-state index in [-0.39, 0.29) is 0 Å². The highest BCUT2D eigenvalue weighted by Crippen LogP contribution is 2.55. The highest BCUT2D eigenvalue weighted by atomic mass is 31.2. The second-order valence-electron chi connectivity index (χ2n) is 8.56. The van der Waals surface area contributed by atoms with Crippen molar-refractivity contribution in [1.82, 2.24) is 4.57 Å². The summed E-state index contributed by atoms with van der Waals surface area (Å²) in [6, 6.07) is 35.5. The van der Waals surface area contributed by atoms with E-state index in [9.17, 15) is 0 Å². The number of aromatic nitrogens is 1. The number of benzene rings is 5. The summed E-state index contributed by atoms with van der Waals surface area (Å²) < 4.78 is 17.5. The molecule has 2 heterocycles. The first-order valence-corrected chi connectivity index (χ1v) is 12.6. The molecule has 152 valence electrons. The Bertz CT molecular complexity index is 1760. The fourth-order valence-corrected chi connectivity index (χ4v) is 8.86. The van der Waals surface area contributed by atoms with Crippen LogP contribution in [0.15, 0.2) is 103 Å². The van der Waals surface area contributed by atoms with Gasteiger partial charge in [0.1, 0.15) is 0 Å². The van der Waals surface area contributed by atoms with E-state index >= 15 is 4.57 Å². The average Bonchev–Trinajstić information content (AvgIpc) is 3.30. The molecule has 1 unspecified atom stereocenters. The van der Waals surface area contributed by atoms with Crippen LogP contribution in [0.2, 0.25) is 0 Å². The number of fused-ring (bicyclic) bond motifs is 9. The van der Waals surface area contributed by atoms with E-state index in [2.05, 4.69) is 72.3 Å². The third-order valence-electron chi connectivity index (χ3n) is 7.00. The fraction of sp³-hybridized carbons (Fsp3) is 0.0345. The maximum absolute atomic E-state index is 15.3. The molecule has 1 aliphatic heterocycles. The maximum atomic E-state index is 15.3. The van der Waals surface area contributed by atoms with Crippen LogP contribution in [-0.2, 0) is 11.6 Å². The summed E-state index contributed by atoms with van der Waals surface area (Å²) >= 11 is 0. The van der Waals surface area contributed by atoms with Gasteiger partial charge in [-0.1, -0.05) is 91.0 Å². The molecule has 6 aromatic rings. The Morgan fingerprint density at radius 2 is 1.31 bits per heavy atom. The summed E-state index contributed by atoms with van der Waals surface area (Å²) in [7, 11) is -0.918. The van der Waals surface area contributed by atoms with E-state index in [1.165, 1.54) is 21.7 Å². The predicted molar refractivity (Wildman–Crippen MR) is 136 cm³/mol. The molecule has 7 rings (SSSR count). The fourth-order valence-electron chi connectivity index (χ4n) is 5.59. The topological polar surface area (TPSA) is 22.0 Å². The van der Waals surface area contributed by atoms with Gasteiger partial charge >= 0.3 is 0 Å². The van der Waals surface area contributed by atoms with E-state index in [1.54, 1.807) is 0 Å². The molecule has 5 aromatic carbocycles. The smallest absolute Gasteiger partial charge is 0.172 e. The maximum Gasteiger partial charge on any atom is 0.172 e. The van der Waals surface area contributed by atoms with Gasteiger partial charge in [0.15, 0.2) is 7.14 Å². The van der Waals surface area contributed by atoms with Crippen molar-refractivity contribution < 1.29 is 4.57 Å². The third kappa shape index (κ3) is 2.08. The minimum absolute atomic E-state index is 0.899. The summed E-state index contributed by atoms with van der Waals surface area (Å²) in [6.45, 7) is 0. The van der Waals surface area contributed by atoms with Gasteiger partial charge in [-0.3, -0.25) is 0 Å². The van der Waals surface area contributed by atoms with E-state index in [0.29, 0.717) is 0 Å².